The van der Waals surface area contributed by atoms with E-state index in [0.717, 1.165) is 11.8 Å². The molecule has 1 aromatic carbocycles. The fourth-order valence-electron chi connectivity index (χ4n) is 4.58. The van der Waals surface area contributed by atoms with Crippen molar-refractivity contribution in [2.24, 2.45) is 33.7 Å². The lowest BCUT2D eigenvalue weighted by Crippen LogP contribution is -2.48. The van der Waals surface area contributed by atoms with Gasteiger partial charge in [0.1, 0.15) is 23.2 Å². The second kappa shape index (κ2) is 10.5. The highest BCUT2D eigenvalue weighted by atomic mass is 19.1. The van der Waals surface area contributed by atoms with Crippen LogP contribution in [0, 0.1) is 11.7 Å². The molecule has 4 atom stereocenters. The monoisotopic (exact) mass is 515 g/mol. The molecule has 13 heteroatoms. The molecule has 0 aliphatic carbocycles. The number of amidine groups is 1. The van der Waals surface area contributed by atoms with Gasteiger partial charge in [0, 0.05) is 30.1 Å². The molecule has 0 bridgehead atoms. The van der Waals surface area contributed by atoms with Crippen LogP contribution in [0.25, 0.3) is 0 Å². The van der Waals surface area contributed by atoms with Crippen LogP contribution in [0.2, 0.25) is 0 Å². The number of halogens is 2. The quantitative estimate of drug-likeness (QED) is 0.410. The molecule has 3 N–H and O–H groups in total. The molecule has 2 aromatic rings. The van der Waals surface area contributed by atoms with E-state index in [0.29, 0.717) is 5.69 Å². The molecule has 1 saturated heterocycles. The van der Waals surface area contributed by atoms with E-state index >= 15 is 4.39 Å². The van der Waals surface area contributed by atoms with Crippen LogP contribution in [0.15, 0.2) is 57.7 Å². The van der Waals surface area contributed by atoms with Crippen molar-refractivity contribution >= 4 is 30.0 Å². The van der Waals surface area contributed by atoms with Crippen molar-refractivity contribution in [2.45, 2.75) is 31.6 Å². The molecule has 196 valence electrons. The highest BCUT2D eigenvalue weighted by Gasteiger charge is 2.55. The van der Waals surface area contributed by atoms with Gasteiger partial charge in [0.15, 0.2) is 0 Å². The number of aromatic nitrogens is 2. The van der Waals surface area contributed by atoms with Gasteiger partial charge in [-0.05, 0) is 38.8 Å². The number of benzene rings is 1. The molecule has 1 aromatic heterocycles. The van der Waals surface area contributed by atoms with Gasteiger partial charge in [-0.2, -0.15) is 5.10 Å². The second-order valence-corrected chi connectivity index (χ2v) is 8.72. The number of nitrogens with zero attached hydrogens (tertiary/aromatic N) is 5. The number of fused-ring (bicyclic) bond motifs is 1. The maximum absolute atomic E-state index is 15.3. The molecule has 1 amide bonds. The summed E-state index contributed by atoms with van der Waals surface area (Å²) in [7, 11) is 1.79. The van der Waals surface area contributed by atoms with Crippen molar-refractivity contribution in [3.8, 4) is 0 Å². The first kappa shape index (κ1) is 25.9. The predicted octanol–water partition coefficient (Wildman–Crippen LogP) is 2.72. The summed E-state index contributed by atoms with van der Waals surface area (Å²) in [6, 6.07) is 4.07. The fourth-order valence-corrected chi connectivity index (χ4v) is 4.58. The number of nitrogens with one attached hydrogen (secondary N) is 1. The summed E-state index contributed by atoms with van der Waals surface area (Å²) in [6.07, 6.45) is 3.64. The number of hydrogen-bond donors (Lipinski definition) is 2. The Hall–Kier alpha value is -4.13. The minimum absolute atomic E-state index is 0.0231. The van der Waals surface area contributed by atoms with Gasteiger partial charge < -0.3 is 25.3 Å². The maximum Gasteiger partial charge on any atom is 0.283 e. The summed E-state index contributed by atoms with van der Waals surface area (Å²) in [5.74, 6) is -1.72. The highest BCUT2D eigenvalue weighted by Crippen LogP contribution is 2.51. The van der Waals surface area contributed by atoms with Crippen LogP contribution >= 0.6 is 0 Å². The topological polar surface area (TPSA) is 138 Å². The first-order valence-electron chi connectivity index (χ1n) is 11.3. The molecule has 2 aliphatic heterocycles. The van der Waals surface area contributed by atoms with Crippen molar-refractivity contribution < 1.29 is 27.8 Å². The Morgan fingerprint density at radius 2 is 2.27 bits per heavy atom. The van der Waals surface area contributed by atoms with Crippen molar-refractivity contribution in [1.29, 1.82) is 0 Å². The average Bonchev–Trinajstić information content (AvgIpc) is 3.48. The smallest absolute Gasteiger partial charge is 0.283 e. The Morgan fingerprint density at radius 1 is 1.49 bits per heavy atom. The molecule has 2 unspecified atom stereocenters. The molecule has 2 aliphatic rings. The van der Waals surface area contributed by atoms with Crippen LogP contribution in [0.3, 0.4) is 0 Å². The first-order chi connectivity index (χ1) is 17.7. The standard InChI is InChI=1S/C24H27F2N7O4/c1-13(29-9-19(28-3)36-12-25)22(34)31-15-5-6-17(26)16(7-15)24(2)20-18(37-23(27)32-24)11-35-21(20)14-8-30-33(4)10-14/h5-10,18,20-21H,3,11-12H2,1-2,4H3,(H2,27,32)(H,31,34)/b19-9+,29-13?/t18-,20?,21?,24-/m1/s1. The number of ether oxygens (including phenoxy) is 3. The van der Waals surface area contributed by atoms with Gasteiger partial charge in [-0.1, -0.05) is 0 Å². The Morgan fingerprint density at radius 3 is 2.95 bits per heavy atom. The average molecular weight is 516 g/mol. The summed E-state index contributed by atoms with van der Waals surface area (Å²) >= 11 is 0. The van der Waals surface area contributed by atoms with Crippen LogP contribution in [-0.4, -0.2) is 53.7 Å². The third kappa shape index (κ3) is 5.21. The van der Waals surface area contributed by atoms with Crippen LogP contribution in [0.4, 0.5) is 14.5 Å². The number of hydrogen-bond acceptors (Lipinski definition) is 9. The number of anilines is 1. The van der Waals surface area contributed by atoms with Gasteiger partial charge >= 0.3 is 0 Å². The first-order valence-corrected chi connectivity index (χ1v) is 11.3. The molecule has 0 radical (unpaired) electrons. The van der Waals surface area contributed by atoms with Gasteiger partial charge in [-0.15, -0.1) is 0 Å². The van der Waals surface area contributed by atoms with Crippen LogP contribution in [-0.2, 0) is 31.6 Å². The van der Waals surface area contributed by atoms with Crippen molar-refractivity contribution in [3.05, 3.63) is 59.6 Å². The van der Waals surface area contributed by atoms with E-state index in [1.54, 1.807) is 24.9 Å². The van der Waals surface area contributed by atoms with Crippen LogP contribution in [0.1, 0.15) is 31.1 Å². The maximum atomic E-state index is 15.3. The predicted molar refractivity (Wildman–Crippen MR) is 132 cm³/mol. The van der Waals surface area contributed by atoms with Crippen molar-refractivity contribution in [3.63, 3.8) is 0 Å². The Labute approximate surface area is 211 Å². The SMILES string of the molecule is C=N/C(=C\N=C(C)C(=O)Nc1ccc(F)c([C@@]2(C)N=C(N)O[C@@H]3COC(c4cnn(C)c4)C32)c1)OCF. The summed E-state index contributed by atoms with van der Waals surface area (Å²) < 4.78 is 45.7. The molecular formula is C24H27F2N7O4. The number of carbonyl (C=O) groups excluding carboxylic acids is 1. The van der Waals surface area contributed by atoms with E-state index < -0.39 is 42.2 Å². The van der Waals surface area contributed by atoms with Gasteiger partial charge in [0.25, 0.3) is 11.9 Å². The number of amides is 1. The molecule has 0 saturated carbocycles. The van der Waals surface area contributed by atoms with E-state index in [1.165, 1.54) is 25.1 Å². The van der Waals surface area contributed by atoms with E-state index in [2.05, 4.69) is 36.8 Å². The van der Waals surface area contributed by atoms with E-state index in [1.807, 2.05) is 6.20 Å². The zero-order chi connectivity index (χ0) is 26.7. The second-order valence-electron chi connectivity index (χ2n) is 8.72. The third-order valence-electron chi connectivity index (χ3n) is 6.31. The molecule has 1 fully saturated rings. The molecule has 37 heavy (non-hydrogen) atoms. The van der Waals surface area contributed by atoms with Gasteiger partial charge in [-0.25, -0.2) is 18.8 Å². The summed E-state index contributed by atoms with van der Waals surface area (Å²) in [5.41, 5.74) is 6.13. The summed E-state index contributed by atoms with van der Waals surface area (Å²) in [6.45, 7) is 5.56. The van der Waals surface area contributed by atoms with Crippen molar-refractivity contribution in [2.75, 3.05) is 18.8 Å². The van der Waals surface area contributed by atoms with E-state index in [-0.39, 0.29) is 29.8 Å². The number of aliphatic imine (C=N–C) groups is 3. The summed E-state index contributed by atoms with van der Waals surface area (Å²) in [4.78, 5) is 24.6. The number of nitrogens with two attached hydrogens (primary N) is 1. The third-order valence-corrected chi connectivity index (χ3v) is 6.31. The minimum atomic E-state index is -1.19. The Balaban J connectivity index is 1.66. The zero-order valence-electron chi connectivity index (χ0n) is 20.5. The van der Waals surface area contributed by atoms with Gasteiger partial charge in [0.05, 0.1) is 31.0 Å². The van der Waals surface area contributed by atoms with Gasteiger partial charge in [-0.3, -0.25) is 14.5 Å². The fraction of sp³-hybridized carbons (Fsp3) is 0.375. The van der Waals surface area contributed by atoms with E-state index in [9.17, 15) is 9.18 Å². The summed E-state index contributed by atoms with van der Waals surface area (Å²) in [5, 5.41) is 6.89. The van der Waals surface area contributed by atoms with Gasteiger partial charge in [0.2, 0.25) is 12.7 Å². The lowest BCUT2D eigenvalue weighted by Gasteiger charge is -2.41. The minimum Gasteiger partial charge on any atom is -0.459 e. The zero-order valence-corrected chi connectivity index (χ0v) is 20.5. The normalized spacial score (nSPS) is 25.6. The highest BCUT2D eigenvalue weighted by molar-refractivity contribution is 6.42. The molecule has 3 heterocycles. The number of rotatable bonds is 8. The molecular weight excluding hydrogens is 488 g/mol. The lowest BCUT2D eigenvalue weighted by molar-refractivity contribution is -0.110. The van der Waals surface area contributed by atoms with Crippen molar-refractivity contribution in [1.82, 2.24) is 9.78 Å². The largest absolute Gasteiger partial charge is 0.459 e. The molecule has 0 spiro atoms. The van der Waals surface area contributed by atoms with E-state index in [4.69, 9.17) is 15.2 Å². The number of aryl methyl sites for hydroxylation is 1. The molecule has 4 rings (SSSR count). The van der Waals surface area contributed by atoms with Crippen LogP contribution < -0.4 is 11.1 Å². The lowest BCUT2D eigenvalue weighted by atomic mass is 9.73. The van der Waals surface area contributed by atoms with Crippen LogP contribution in [0.5, 0.6) is 0 Å². The molecule has 11 nitrogen and oxygen atoms in total. The number of carbonyl (C=O) groups is 1. The Kier molecular flexibility index (Phi) is 7.34. The Bertz CT molecular complexity index is 1290. The number of alkyl halides is 1.